The fourth-order valence-corrected chi connectivity index (χ4v) is 3.20. The van der Waals surface area contributed by atoms with Gasteiger partial charge in [0.05, 0.1) is 0 Å². The molecular formula is C14H16N2S. The van der Waals surface area contributed by atoms with E-state index in [1.54, 1.807) is 11.3 Å². The molecule has 0 radical (unpaired) electrons. The van der Waals surface area contributed by atoms with Gasteiger partial charge in [-0.25, -0.2) is 5.84 Å². The lowest BCUT2D eigenvalue weighted by atomic mass is 9.89. The van der Waals surface area contributed by atoms with Crippen LogP contribution in [0.25, 0.3) is 11.1 Å². The van der Waals surface area contributed by atoms with Crippen molar-refractivity contribution in [2.75, 3.05) is 5.43 Å². The molecule has 0 saturated carbocycles. The monoisotopic (exact) mass is 244 g/mol. The van der Waals surface area contributed by atoms with Crippen LogP contribution in [0.15, 0.2) is 29.6 Å². The first-order valence-electron chi connectivity index (χ1n) is 6.04. The molecular weight excluding hydrogens is 228 g/mol. The summed E-state index contributed by atoms with van der Waals surface area (Å²) in [4.78, 5) is 0. The summed E-state index contributed by atoms with van der Waals surface area (Å²) >= 11 is 1.65. The van der Waals surface area contributed by atoms with E-state index in [0.29, 0.717) is 0 Å². The number of thiophene rings is 1. The first-order valence-corrected chi connectivity index (χ1v) is 6.92. The molecule has 2 aromatic rings. The normalized spacial score (nSPS) is 14.4. The quantitative estimate of drug-likeness (QED) is 0.626. The molecule has 1 heterocycles. The van der Waals surface area contributed by atoms with Gasteiger partial charge in [0.1, 0.15) is 5.00 Å². The Labute approximate surface area is 105 Å². The number of hydrogen-bond acceptors (Lipinski definition) is 3. The number of aryl methyl sites for hydroxylation is 2. The number of nitrogens with two attached hydrogens (primary N) is 1. The van der Waals surface area contributed by atoms with Gasteiger partial charge in [0, 0.05) is 5.38 Å². The van der Waals surface area contributed by atoms with Gasteiger partial charge in [0.25, 0.3) is 0 Å². The lowest BCUT2D eigenvalue weighted by molar-refractivity contribution is 0.686. The summed E-state index contributed by atoms with van der Waals surface area (Å²) in [6.45, 7) is 0. The maximum absolute atomic E-state index is 5.41. The molecule has 3 rings (SSSR count). The van der Waals surface area contributed by atoms with Crippen LogP contribution < -0.4 is 11.3 Å². The van der Waals surface area contributed by atoms with Crippen LogP contribution in [0.4, 0.5) is 5.00 Å². The molecule has 1 aliphatic carbocycles. The van der Waals surface area contributed by atoms with E-state index in [0.717, 1.165) is 5.00 Å². The molecule has 0 saturated heterocycles. The van der Waals surface area contributed by atoms with Crippen LogP contribution >= 0.6 is 11.3 Å². The number of hydrazine groups is 1. The predicted octanol–water partition coefficient (Wildman–Crippen LogP) is 3.58. The van der Waals surface area contributed by atoms with Crippen molar-refractivity contribution in [3.05, 3.63) is 40.8 Å². The summed E-state index contributed by atoms with van der Waals surface area (Å²) in [5.74, 6) is 5.41. The van der Waals surface area contributed by atoms with E-state index in [4.69, 9.17) is 5.84 Å². The lowest BCUT2D eigenvalue weighted by Crippen LogP contribution is -2.04. The fourth-order valence-electron chi connectivity index (χ4n) is 2.48. The van der Waals surface area contributed by atoms with Gasteiger partial charge in [-0.05, 0) is 54.0 Å². The Kier molecular flexibility index (Phi) is 2.87. The van der Waals surface area contributed by atoms with E-state index in [9.17, 15) is 0 Å². The average molecular weight is 244 g/mol. The number of rotatable bonds is 2. The largest absolute Gasteiger partial charge is 0.315 e. The zero-order chi connectivity index (χ0) is 11.7. The summed E-state index contributed by atoms with van der Waals surface area (Å²) in [5.41, 5.74) is 8.33. The molecule has 0 fully saturated rings. The predicted molar refractivity (Wildman–Crippen MR) is 74.2 cm³/mol. The topological polar surface area (TPSA) is 38.0 Å². The smallest absolute Gasteiger partial charge is 0.103 e. The van der Waals surface area contributed by atoms with Crippen LogP contribution in [0.5, 0.6) is 0 Å². The third-order valence-electron chi connectivity index (χ3n) is 3.42. The minimum Gasteiger partial charge on any atom is -0.315 e. The molecule has 0 bridgehead atoms. The van der Waals surface area contributed by atoms with Crippen molar-refractivity contribution in [1.29, 1.82) is 0 Å². The second-order valence-electron chi connectivity index (χ2n) is 4.53. The van der Waals surface area contributed by atoms with Crippen LogP contribution in [-0.4, -0.2) is 0 Å². The molecule has 0 spiro atoms. The Morgan fingerprint density at radius 1 is 1.00 bits per heavy atom. The summed E-state index contributed by atoms with van der Waals surface area (Å²) in [7, 11) is 0. The van der Waals surface area contributed by atoms with Gasteiger partial charge in [-0.2, -0.15) is 0 Å². The Bertz CT molecular complexity index is 531. The fraction of sp³-hybridized carbons (Fsp3) is 0.286. The third-order valence-corrected chi connectivity index (χ3v) is 4.28. The van der Waals surface area contributed by atoms with E-state index in [1.807, 2.05) is 0 Å². The van der Waals surface area contributed by atoms with Gasteiger partial charge in [0.15, 0.2) is 0 Å². The summed E-state index contributed by atoms with van der Waals surface area (Å²) < 4.78 is 0. The van der Waals surface area contributed by atoms with Crippen LogP contribution in [0.1, 0.15) is 24.0 Å². The molecule has 0 atom stereocenters. The molecule has 88 valence electrons. The third kappa shape index (κ3) is 2.08. The zero-order valence-corrected chi connectivity index (χ0v) is 10.5. The summed E-state index contributed by atoms with van der Waals surface area (Å²) in [6, 6.07) is 8.97. The number of anilines is 1. The Balaban J connectivity index is 1.97. The molecule has 1 aliphatic rings. The van der Waals surface area contributed by atoms with Gasteiger partial charge in [-0.3, -0.25) is 0 Å². The van der Waals surface area contributed by atoms with Crippen molar-refractivity contribution in [2.24, 2.45) is 5.84 Å². The molecule has 0 amide bonds. The summed E-state index contributed by atoms with van der Waals surface area (Å²) in [5, 5.41) is 3.16. The van der Waals surface area contributed by atoms with Gasteiger partial charge < -0.3 is 5.43 Å². The van der Waals surface area contributed by atoms with Gasteiger partial charge >= 0.3 is 0 Å². The molecule has 1 aromatic carbocycles. The van der Waals surface area contributed by atoms with E-state index < -0.39 is 0 Å². The Morgan fingerprint density at radius 3 is 2.59 bits per heavy atom. The zero-order valence-electron chi connectivity index (χ0n) is 9.70. The highest BCUT2D eigenvalue weighted by molar-refractivity contribution is 7.14. The molecule has 17 heavy (non-hydrogen) atoms. The number of hydrogen-bond donors (Lipinski definition) is 2. The number of nitrogen functional groups attached to an aromatic ring is 1. The minimum absolute atomic E-state index is 1.01. The second-order valence-corrected chi connectivity index (χ2v) is 5.45. The maximum atomic E-state index is 5.41. The van der Waals surface area contributed by atoms with Crippen LogP contribution in [0.2, 0.25) is 0 Å². The molecule has 1 aromatic heterocycles. The van der Waals surface area contributed by atoms with Crippen molar-refractivity contribution in [3.8, 4) is 11.1 Å². The van der Waals surface area contributed by atoms with E-state index in [-0.39, 0.29) is 0 Å². The SMILES string of the molecule is NNc1cc(-c2ccc3c(c2)CCCC3)cs1. The van der Waals surface area contributed by atoms with Crippen molar-refractivity contribution in [2.45, 2.75) is 25.7 Å². The highest BCUT2D eigenvalue weighted by atomic mass is 32.1. The van der Waals surface area contributed by atoms with Crippen molar-refractivity contribution in [3.63, 3.8) is 0 Å². The molecule has 2 nitrogen and oxygen atoms in total. The standard InChI is InChI=1S/C14H16N2S/c15-16-14-8-13(9-17-14)12-6-5-10-3-1-2-4-11(10)7-12/h5-9,16H,1-4,15H2. The second kappa shape index (κ2) is 4.51. The number of fused-ring (bicyclic) bond motifs is 1. The average Bonchev–Trinajstić information content (AvgIpc) is 2.87. The van der Waals surface area contributed by atoms with E-state index in [1.165, 1.54) is 47.9 Å². The first-order chi connectivity index (χ1) is 8.36. The Morgan fingerprint density at radius 2 is 1.82 bits per heavy atom. The van der Waals surface area contributed by atoms with Crippen molar-refractivity contribution < 1.29 is 0 Å². The molecule has 3 N–H and O–H groups in total. The van der Waals surface area contributed by atoms with Crippen molar-refractivity contribution >= 4 is 16.3 Å². The molecule has 3 heteroatoms. The first kappa shape index (κ1) is 10.8. The molecule has 0 unspecified atom stereocenters. The van der Waals surface area contributed by atoms with Crippen LogP contribution in [0.3, 0.4) is 0 Å². The van der Waals surface area contributed by atoms with E-state index >= 15 is 0 Å². The van der Waals surface area contributed by atoms with E-state index in [2.05, 4.69) is 35.1 Å². The Hall–Kier alpha value is -1.32. The highest BCUT2D eigenvalue weighted by Crippen LogP contribution is 2.31. The number of benzene rings is 1. The maximum Gasteiger partial charge on any atom is 0.103 e. The molecule has 0 aliphatic heterocycles. The minimum atomic E-state index is 1.01. The van der Waals surface area contributed by atoms with Crippen molar-refractivity contribution in [1.82, 2.24) is 0 Å². The number of nitrogens with one attached hydrogen (secondary N) is 1. The van der Waals surface area contributed by atoms with Gasteiger partial charge in [-0.1, -0.05) is 18.2 Å². The lowest BCUT2D eigenvalue weighted by Gasteiger charge is -2.16. The highest BCUT2D eigenvalue weighted by Gasteiger charge is 2.10. The van der Waals surface area contributed by atoms with Gasteiger partial charge in [0.2, 0.25) is 0 Å². The van der Waals surface area contributed by atoms with Crippen LogP contribution in [-0.2, 0) is 12.8 Å². The van der Waals surface area contributed by atoms with Gasteiger partial charge in [-0.15, -0.1) is 11.3 Å². The van der Waals surface area contributed by atoms with Crippen LogP contribution in [0, 0.1) is 0 Å². The summed E-state index contributed by atoms with van der Waals surface area (Å²) in [6.07, 6.45) is 5.14.